The van der Waals surface area contributed by atoms with Crippen molar-refractivity contribution in [2.75, 3.05) is 6.54 Å². The molecule has 0 radical (unpaired) electrons. The van der Waals surface area contributed by atoms with Crippen molar-refractivity contribution in [1.82, 2.24) is 10.6 Å². The van der Waals surface area contributed by atoms with E-state index < -0.39 is 30.4 Å². The number of carboxylic acid groups (broad SMARTS) is 1. The molecule has 0 bridgehead atoms. The molecule has 90 valence electrons. The fourth-order valence-corrected chi connectivity index (χ4v) is 0.898. The summed E-state index contributed by atoms with van der Waals surface area (Å²) in [5.74, 6) is -2.10. The van der Waals surface area contributed by atoms with Crippen LogP contribution >= 0.6 is 0 Å². The summed E-state index contributed by atoms with van der Waals surface area (Å²) in [6.07, 6.45) is 1.74. The van der Waals surface area contributed by atoms with E-state index in [0.717, 1.165) is 0 Å². The Hall–Kier alpha value is -2.05. The van der Waals surface area contributed by atoms with Gasteiger partial charge in [0.25, 0.3) is 0 Å². The van der Waals surface area contributed by atoms with Crippen molar-refractivity contribution < 1.29 is 19.5 Å². The van der Waals surface area contributed by atoms with Crippen LogP contribution < -0.4 is 16.4 Å². The molecule has 0 aliphatic carbocycles. The van der Waals surface area contributed by atoms with Crippen molar-refractivity contribution in [3.05, 3.63) is 12.7 Å². The van der Waals surface area contributed by atoms with Gasteiger partial charge in [-0.15, -0.1) is 6.58 Å². The summed E-state index contributed by atoms with van der Waals surface area (Å²) in [5.41, 5.74) is 4.84. The fourth-order valence-electron chi connectivity index (χ4n) is 0.898. The SMILES string of the molecule is C=CCCNC(=O)N[C@@H](CC(N)=O)C(=O)O. The number of amides is 3. The molecule has 3 amide bonds. The van der Waals surface area contributed by atoms with E-state index in [1.54, 1.807) is 6.08 Å². The first kappa shape index (κ1) is 13.9. The third-order valence-electron chi connectivity index (χ3n) is 1.64. The van der Waals surface area contributed by atoms with Gasteiger partial charge in [0.15, 0.2) is 0 Å². The first-order chi connectivity index (χ1) is 7.47. The molecule has 5 N–H and O–H groups in total. The molecular weight excluding hydrogens is 214 g/mol. The Kier molecular flexibility index (Phi) is 6.34. The monoisotopic (exact) mass is 229 g/mol. The molecule has 0 aromatic rings. The Morgan fingerprint density at radius 3 is 2.50 bits per heavy atom. The van der Waals surface area contributed by atoms with Crippen LogP contribution in [0, 0.1) is 0 Å². The molecule has 7 heteroatoms. The summed E-state index contributed by atoms with van der Waals surface area (Å²) in [7, 11) is 0. The normalized spacial score (nSPS) is 11.2. The summed E-state index contributed by atoms with van der Waals surface area (Å²) in [6.45, 7) is 3.80. The van der Waals surface area contributed by atoms with E-state index in [2.05, 4.69) is 17.2 Å². The number of primary amides is 1. The zero-order valence-corrected chi connectivity index (χ0v) is 8.73. The number of aliphatic carboxylic acids is 1. The third kappa shape index (κ3) is 6.41. The lowest BCUT2D eigenvalue weighted by molar-refractivity contribution is -0.140. The zero-order chi connectivity index (χ0) is 12.6. The lowest BCUT2D eigenvalue weighted by Gasteiger charge is -2.13. The molecule has 0 aromatic carbocycles. The maximum absolute atomic E-state index is 11.1. The van der Waals surface area contributed by atoms with Gasteiger partial charge in [-0.1, -0.05) is 6.08 Å². The van der Waals surface area contributed by atoms with Gasteiger partial charge in [0.05, 0.1) is 6.42 Å². The molecule has 0 fully saturated rings. The molecule has 7 nitrogen and oxygen atoms in total. The minimum atomic E-state index is -1.31. The average Bonchev–Trinajstić information content (AvgIpc) is 2.16. The largest absolute Gasteiger partial charge is 0.480 e. The van der Waals surface area contributed by atoms with Crippen molar-refractivity contribution in [3.63, 3.8) is 0 Å². The van der Waals surface area contributed by atoms with Crippen molar-refractivity contribution in [2.45, 2.75) is 18.9 Å². The van der Waals surface area contributed by atoms with Gasteiger partial charge in [-0.3, -0.25) is 4.79 Å². The van der Waals surface area contributed by atoms with Gasteiger partial charge >= 0.3 is 12.0 Å². The quantitative estimate of drug-likeness (QED) is 0.337. The van der Waals surface area contributed by atoms with E-state index in [1.807, 2.05) is 0 Å². The minimum absolute atomic E-state index is 0.345. The first-order valence-electron chi connectivity index (χ1n) is 4.63. The summed E-state index contributed by atoms with van der Waals surface area (Å²) in [6, 6.07) is -1.96. The van der Waals surface area contributed by atoms with Gasteiger partial charge in [-0.2, -0.15) is 0 Å². The van der Waals surface area contributed by atoms with E-state index in [1.165, 1.54) is 0 Å². The number of carbonyl (C=O) groups excluding carboxylic acids is 2. The molecule has 0 aromatic heterocycles. The maximum Gasteiger partial charge on any atom is 0.326 e. The van der Waals surface area contributed by atoms with Crippen LogP contribution in [0.2, 0.25) is 0 Å². The number of hydrogen-bond acceptors (Lipinski definition) is 3. The average molecular weight is 229 g/mol. The minimum Gasteiger partial charge on any atom is -0.480 e. The number of nitrogens with one attached hydrogen (secondary N) is 2. The fraction of sp³-hybridized carbons (Fsp3) is 0.444. The number of carbonyl (C=O) groups is 3. The second kappa shape index (κ2) is 7.27. The van der Waals surface area contributed by atoms with Crippen LogP contribution in [-0.4, -0.2) is 35.6 Å². The van der Waals surface area contributed by atoms with Crippen LogP contribution in [0.15, 0.2) is 12.7 Å². The number of rotatable bonds is 7. The predicted molar refractivity (Wildman–Crippen MR) is 56.6 cm³/mol. The summed E-state index contributed by atoms with van der Waals surface area (Å²) in [4.78, 5) is 32.3. The molecule has 0 rings (SSSR count). The molecule has 1 atom stereocenters. The summed E-state index contributed by atoms with van der Waals surface area (Å²) < 4.78 is 0. The Morgan fingerprint density at radius 1 is 1.44 bits per heavy atom. The van der Waals surface area contributed by atoms with Crippen LogP contribution in [0.4, 0.5) is 4.79 Å². The van der Waals surface area contributed by atoms with Gasteiger partial charge in [0.2, 0.25) is 5.91 Å². The molecule has 0 saturated carbocycles. The Morgan fingerprint density at radius 2 is 2.06 bits per heavy atom. The zero-order valence-electron chi connectivity index (χ0n) is 8.73. The van der Waals surface area contributed by atoms with Crippen LogP contribution in [0.3, 0.4) is 0 Å². The predicted octanol–water partition coefficient (Wildman–Crippen LogP) is -0.810. The lowest BCUT2D eigenvalue weighted by atomic mass is 10.2. The molecular formula is C9H15N3O4. The van der Waals surface area contributed by atoms with Crippen LogP contribution in [0.5, 0.6) is 0 Å². The van der Waals surface area contributed by atoms with E-state index >= 15 is 0 Å². The lowest BCUT2D eigenvalue weighted by Crippen LogP contribution is -2.47. The summed E-state index contributed by atoms with van der Waals surface area (Å²) >= 11 is 0. The maximum atomic E-state index is 11.1. The van der Waals surface area contributed by atoms with E-state index in [9.17, 15) is 14.4 Å². The number of urea groups is 1. The highest BCUT2D eigenvalue weighted by atomic mass is 16.4. The summed E-state index contributed by atoms with van der Waals surface area (Å²) in [5, 5.41) is 13.2. The number of hydrogen-bond donors (Lipinski definition) is 4. The Balaban J connectivity index is 4.08. The van der Waals surface area contributed by atoms with Crippen molar-refractivity contribution in [2.24, 2.45) is 5.73 Å². The standard InChI is InChI=1S/C9H15N3O4/c1-2-3-4-11-9(16)12-6(8(14)15)5-7(10)13/h2,6H,1,3-5H2,(H2,10,13)(H,14,15)(H2,11,12,16)/t6-/m0/s1. The number of carboxylic acids is 1. The van der Waals surface area contributed by atoms with Crippen molar-refractivity contribution >= 4 is 17.9 Å². The van der Waals surface area contributed by atoms with Crippen LogP contribution in [-0.2, 0) is 9.59 Å². The molecule has 0 aliphatic rings. The van der Waals surface area contributed by atoms with E-state index in [4.69, 9.17) is 10.8 Å². The first-order valence-corrected chi connectivity index (χ1v) is 4.63. The Bertz CT molecular complexity index is 290. The highest BCUT2D eigenvalue weighted by molar-refractivity contribution is 5.87. The molecule has 16 heavy (non-hydrogen) atoms. The van der Waals surface area contributed by atoms with Crippen molar-refractivity contribution in [1.29, 1.82) is 0 Å². The van der Waals surface area contributed by atoms with E-state index in [-0.39, 0.29) is 0 Å². The molecule has 0 heterocycles. The molecule has 0 spiro atoms. The Labute approximate surface area is 92.7 Å². The number of nitrogens with two attached hydrogens (primary N) is 1. The molecule has 0 aliphatic heterocycles. The molecule has 0 saturated heterocycles. The van der Waals surface area contributed by atoms with Gasteiger partial charge in [-0.05, 0) is 6.42 Å². The van der Waals surface area contributed by atoms with Gasteiger partial charge in [0.1, 0.15) is 6.04 Å². The second-order valence-corrected chi connectivity index (χ2v) is 3.04. The van der Waals surface area contributed by atoms with Gasteiger partial charge in [-0.25, -0.2) is 9.59 Å². The van der Waals surface area contributed by atoms with Crippen molar-refractivity contribution in [3.8, 4) is 0 Å². The van der Waals surface area contributed by atoms with Crippen LogP contribution in [0.1, 0.15) is 12.8 Å². The van der Waals surface area contributed by atoms with Crippen LogP contribution in [0.25, 0.3) is 0 Å². The third-order valence-corrected chi connectivity index (χ3v) is 1.64. The highest BCUT2D eigenvalue weighted by Gasteiger charge is 2.21. The highest BCUT2D eigenvalue weighted by Crippen LogP contribution is 1.91. The smallest absolute Gasteiger partial charge is 0.326 e. The molecule has 0 unspecified atom stereocenters. The van der Waals surface area contributed by atoms with Gasteiger partial charge in [0, 0.05) is 6.54 Å². The van der Waals surface area contributed by atoms with E-state index in [0.29, 0.717) is 13.0 Å². The second-order valence-electron chi connectivity index (χ2n) is 3.04. The topological polar surface area (TPSA) is 122 Å². The van der Waals surface area contributed by atoms with Gasteiger partial charge < -0.3 is 21.5 Å².